The van der Waals surface area contributed by atoms with Crippen molar-refractivity contribution in [1.29, 1.82) is 0 Å². The zero-order valence-electron chi connectivity index (χ0n) is 11.5. The standard InChI is InChI=1S/C17H18FNO/c1-20-16-8-7-13(9-15(16)18)10-17(11-19-12-17)14-5-3-2-4-6-14/h2-9,19H,10-12H2,1H3. The number of hydrogen-bond acceptors (Lipinski definition) is 2. The molecule has 3 rings (SSSR count). The Labute approximate surface area is 118 Å². The second-order valence-electron chi connectivity index (χ2n) is 5.40. The number of nitrogens with one attached hydrogen (secondary N) is 1. The van der Waals surface area contributed by atoms with E-state index in [2.05, 4.69) is 29.6 Å². The zero-order valence-corrected chi connectivity index (χ0v) is 11.5. The lowest BCUT2D eigenvalue weighted by molar-refractivity contribution is 0.274. The molecule has 0 atom stereocenters. The fourth-order valence-corrected chi connectivity index (χ4v) is 2.86. The summed E-state index contributed by atoms with van der Waals surface area (Å²) in [6.45, 7) is 1.87. The Morgan fingerprint density at radius 2 is 1.90 bits per heavy atom. The van der Waals surface area contributed by atoms with Crippen molar-refractivity contribution in [3.63, 3.8) is 0 Å². The number of halogens is 1. The maximum absolute atomic E-state index is 13.8. The van der Waals surface area contributed by atoms with E-state index in [9.17, 15) is 4.39 Å². The number of ether oxygens (including phenoxy) is 1. The first-order chi connectivity index (χ1) is 9.73. The summed E-state index contributed by atoms with van der Waals surface area (Å²) >= 11 is 0. The molecule has 1 aliphatic rings. The lowest BCUT2D eigenvalue weighted by Gasteiger charge is -2.43. The van der Waals surface area contributed by atoms with Crippen LogP contribution in [0.25, 0.3) is 0 Å². The average Bonchev–Trinajstić information content (AvgIpc) is 2.44. The van der Waals surface area contributed by atoms with Crippen molar-refractivity contribution in [2.45, 2.75) is 11.8 Å². The fourth-order valence-electron chi connectivity index (χ4n) is 2.86. The molecule has 0 radical (unpaired) electrons. The number of benzene rings is 2. The largest absolute Gasteiger partial charge is 0.494 e. The molecule has 2 aromatic carbocycles. The average molecular weight is 271 g/mol. The number of rotatable bonds is 4. The lowest BCUT2D eigenvalue weighted by atomic mass is 9.71. The van der Waals surface area contributed by atoms with Crippen molar-refractivity contribution >= 4 is 0 Å². The van der Waals surface area contributed by atoms with Gasteiger partial charge in [-0.2, -0.15) is 0 Å². The fraction of sp³-hybridized carbons (Fsp3) is 0.294. The van der Waals surface area contributed by atoms with Crippen LogP contribution in [-0.2, 0) is 11.8 Å². The van der Waals surface area contributed by atoms with Crippen LogP contribution in [0.3, 0.4) is 0 Å². The number of methoxy groups -OCH3 is 1. The van der Waals surface area contributed by atoms with Gasteiger partial charge < -0.3 is 10.1 Å². The van der Waals surface area contributed by atoms with Crippen LogP contribution in [0.4, 0.5) is 4.39 Å². The summed E-state index contributed by atoms with van der Waals surface area (Å²) in [5.41, 5.74) is 2.41. The third kappa shape index (κ3) is 2.29. The Balaban J connectivity index is 1.87. The second-order valence-corrected chi connectivity index (χ2v) is 5.40. The van der Waals surface area contributed by atoms with Gasteiger partial charge in [0.1, 0.15) is 0 Å². The minimum absolute atomic E-state index is 0.0856. The van der Waals surface area contributed by atoms with E-state index in [1.807, 2.05) is 12.1 Å². The molecule has 1 heterocycles. The van der Waals surface area contributed by atoms with E-state index >= 15 is 0 Å². The van der Waals surface area contributed by atoms with Crippen molar-refractivity contribution in [1.82, 2.24) is 5.32 Å². The van der Waals surface area contributed by atoms with Crippen molar-refractivity contribution in [3.8, 4) is 5.75 Å². The third-order valence-electron chi connectivity index (χ3n) is 4.07. The summed E-state index contributed by atoms with van der Waals surface area (Å²) in [7, 11) is 1.49. The third-order valence-corrected chi connectivity index (χ3v) is 4.07. The van der Waals surface area contributed by atoms with Crippen molar-refractivity contribution < 1.29 is 9.13 Å². The SMILES string of the molecule is COc1ccc(CC2(c3ccccc3)CNC2)cc1F. The molecule has 2 aromatic rings. The quantitative estimate of drug-likeness (QED) is 0.923. The van der Waals surface area contributed by atoms with E-state index < -0.39 is 0 Å². The summed E-state index contributed by atoms with van der Waals surface area (Å²) in [5.74, 6) is 0.00902. The van der Waals surface area contributed by atoms with Crippen molar-refractivity contribution in [2.75, 3.05) is 20.2 Å². The molecule has 0 saturated carbocycles. The maximum atomic E-state index is 13.8. The van der Waals surface area contributed by atoms with Crippen LogP contribution >= 0.6 is 0 Å². The topological polar surface area (TPSA) is 21.3 Å². The van der Waals surface area contributed by atoms with Crippen molar-refractivity contribution in [2.24, 2.45) is 0 Å². The van der Waals surface area contributed by atoms with Gasteiger partial charge in [-0.05, 0) is 29.7 Å². The molecule has 0 bridgehead atoms. The minimum Gasteiger partial charge on any atom is -0.494 e. The van der Waals surface area contributed by atoms with Crippen LogP contribution in [0.1, 0.15) is 11.1 Å². The van der Waals surface area contributed by atoms with Gasteiger partial charge in [0, 0.05) is 18.5 Å². The molecule has 1 aliphatic heterocycles. The summed E-state index contributed by atoms with van der Waals surface area (Å²) < 4.78 is 18.8. The Morgan fingerprint density at radius 3 is 2.45 bits per heavy atom. The monoisotopic (exact) mass is 271 g/mol. The van der Waals surface area contributed by atoms with E-state index in [4.69, 9.17) is 4.74 Å². The first kappa shape index (κ1) is 13.1. The van der Waals surface area contributed by atoms with E-state index in [0.29, 0.717) is 5.75 Å². The van der Waals surface area contributed by atoms with Gasteiger partial charge in [0.2, 0.25) is 0 Å². The lowest BCUT2D eigenvalue weighted by Crippen LogP contribution is -2.58. The summed E-state index contributed by atoms with van der Waals surface area (Å²) in [6, 6.07) is 15.7. The highest BCUT2D eigenvalue weighted by molar-refractivity contribution is 5.36. The van der Waals surface area contributed by atoms with Crippen molar-refractivity contribution in [3.05, 3.63) is 65.5 Å². The van der Waals surface area contributed by atoms with E-state index in [1.165, 1.54) is 12.7 Å². The molecule has 1 saturated heterocycles. The second kappa shape index (κ2) is 5.25. The molecule has 3 heteroatoms. The highest BCUT2D eigenvalue weighted by Crippen LogP contribution is 2.33. The van der Waals surface area contributed by atoms with Crippen LogP contribution in [-0.4, -0.2) is 20.2 Å². The maximum Gasteiger partial charge on any atom is 0.165 e. The predicted octanol–water partition coefficient (Wildman–Crippen LogP) is 2.92. The molecule has 20 heavy (non-hydrogen) atoms. The Hall–Kier alpha value is -1.87. The van der Waals surface area contributed by atoms with Gasteiger partial charge >= 0.3 is 0 Å². The van der Waals surface area contributed by atoms with Gasteiger partial charge in [0.15, 0.2) is 11.6 Å². The molecule has 1 fully saturated rings. The Kier molecular flexibility index (Phi) is 3.45. The van der Waals surface area contributed by atoms with E-state index in [1.54, 1.807) is 12.1 Å². The van der Waals surface area contributed by atoms with Crippen LogP contribution in [0.5, 0.6) is 5.75 Å². The molecular formula is C17H18FNO. The smallest absolute Gasteiger partial charge is 0.165 e. The Bertz CT molecular complexity index is 593. The summed E-state index contributed by atoms with van der Waals surface area (Å²) in [6.07, 6.45) is 0.838. The minimum atomic E-state index is -0.291. The molecule has 104 valence electrons. The highest BCUT2D eigenvalue weighted by atomic mass is 19.1. The first-order valence-corrected chi connectivity index (χ1v) is 6.82. The van der Waals surface area contributed by atoms with Gasteiger partial charge in [-0.1, -0.05) is 36.4 Å². The van der Waals surface area contributed by atoms with E-state index in [-0.39, 0.29) is 11.2 Å². The molecule has 0 unspecified atom stereocenters. The van der Waals surface area contributed by atoms with Crippen LogP contribution in [0.2, 0.25) is 0 Å². The van der Waals surface area contributed by atoms with Crippen LogP contribution in [0, 0.1) is 5.82 Å². The Morgan fingerprint density at radius 1 is 1.15 bits per heavy atom. The molecule has 0 aromatic heterocycles. The molecular weight excluding hydrogens is 253 g/mol. The van der Waals surface area contributed by atoms with E-state index in [0.717, 1.165) is 25.1 Å². The van der Waals surface area contributed by atoms with Gasteiger partial charge in [0.25, 0.3) is 0 Å². The molecule has 1 N–H and O–H groups in total. The van der Waals surface area contributed by atoms with Crippen LogP contribution in [0.15, 0.2) is 48.5 Å². The van der Waals surface area contributed by atoms with Crippen LogP contribution < -0.4 is 10.1 Å². The molecule has 0 spiro atoms. The first-order valence-electron chi connectivity index (χ1n) is 6.82. The summed E-state index contributed by atoms with van der Waals surface area (Å²) in [5, 5.41) is 3.34. The predicted molar refractivity (Wildman–Crippen MR) is 77.6 cm³/mol. The van der Waals surface area contributed by atoms with Gasteiger partial charge in [0.05, 0.1) is 7.11 Å². The molecule has 0 amide bonds. The molecule has 0 aliphatic carbocycles. The van der Waals surface area contributed by atoms with Gasteiger partial charge in [-0.3, -0.25) is 0 Å². The van der Waals surface area contributed by atoms with Gasteiger partial charge in [-0.15, -0.1) is 0 Å². The normalized spacial score (nSPS) is 16.5. The summed E-state index contributed by atoms with van der Waals surface area (Å²) in [4.78, 5) is 0. The zero-order chi connectivity index (χ0) is 14.0. The number of hydrogen-bond donors (Lipinski definition) is 1. The highest BCUT2D eigenvalue weighted by Gasteiger charge is 2.38. The molecule has 2 nitrogen and oxygen atoms in total. The van der Waals surface area contributed by atoms with Gasteiger partial charge in [-0.25, -0.2) is 4.39 Å².